The molecule has 0 unspecified atom stereocenters. The fraction of sp³-hybridized carbons (Fsp3) is 0.333. The van der Waals surface area contributed by atoms with Gasteiger partial charge in [-0.05, 0) is 18.9 Å². The van der Waals surface area contributed by atoms with Crippen LogP contribution in [0.2, 0.25) is 5.02 Å². The molecule has 0 bridgehead atoms. The van der Waals surface area contributed by atoms with E-state index in [1.165, 1.54) is 11.3 Å². The Bertz CT molecular complexity index is 622. The van der Waals surface area contributed by atoms with E-state index in [-0.39, 0.29) is 5.91 Å². The number of aromatic nitrogens is 1. The Morgan fingerprint density at radius 3 is 2.75 bits per heavy atom. The molecule has 0 aliphatic heterocycles. The molecule has 2 aromatic rings. The number of amides is 1. The van der Waals surface area contributed by atoms with E-state index in [1.807, 2.05) is 31.2 Å². The Kier molecular flexibility index (Phi) is 4.78. The summed E-state index contributed by atoms with van der Waals surface area (Å²) in [4.78, 5) is 17.2. The molecule has 5 heteroatoms. The molecule has 1 aromatic heterocycles. The fourth-order valence-electron chi connectivity index (χ4n) is 1.73. The molecule has 0 saturated carbocycles. The zero-order valence-corrected chi connectivity index (χ0v) is 13.3. The van der Waals surface area contributed by atoms with Gasteiger partial charge in [0.25, 0.3) is 5.91 Å². The van der Waals surface area contributed by atoms with Crippen LogP contribution in [0.3, 0.4) is 0 Å². The zero-order valence-electron chi connectivity index (χ0n) is 11.7. The van der Waals surface area contributed by atoms with Crippen molar-refractivity contribution in [1.82, 2.24) is 10.3 Å². The topological polar surface area (TPSA) is 42.0 Å². The first-order valence-corrected chi connectivity index (χ1v) is 7.69. The molecular weight excluding hydrogens is 292 g/mol. The van der Waals surface area contributed by atoms with Gasteiger partial charge in [0, 0.05) is 12.1 Å². The summed E-state index contributed by atoms with van der Waals surface area (Å²) in [6, 6.07) is 7.53. The molecule has 0 spiro atoms. The lowest BCUT2D eigenvalue weighted by Gasteiger charge is -2.06. The fourth-order valence-corrected chi connectivity index (χ4v) is 3.04. The van der Waals surface area contributed by atoms with E-state index in [0.29, 0.717) is 22.4 Å². The summed E-state index contributed by atoms with van der Waals surface area (Å²) < 4.78 is 0. The number of hydrogen-bond acceptors (Lipinski definition) is 3. The Morgan fingerprint density at radius 1 is 1.40 bits per heavy atom. The van der Waals surface area contributed by atoms with E-state index in [4.69, 9.17) is 11.6 Å². The second kappa shape index (κ2) is 6.37. The average Bonchev–Trinajstić information content (AvgIpc) is 2.78. The van der Waals surface area contributed by atoms with Crippen molar-refractivity contribution in [3.05, 3.63) is 39.9 Å². The van der Waals surface area contributed by atoms with Gasteiger partial charge in [-0.25, -0.2) is 4.98 Å². The van der Waals surface area contributed by atoms with Gasteiger partial charge in [-0.2, -0.15) is 0 Å². The van der Waals surface area contributed by atoms with Gasteiger partial charge in [-0.1, -0.05) is 43.6 Å². The predicted octanol–water partition coefficient (Wildman–Crippen LogP) is 4.16. The molecule has 0 saturated heterocycles. The minimum absolute atomic E-state index is 0.0630. The first-order chi connectivity index (χ1) is 9.49. The molecule has 1 N–H and O–H groups in total. The number of hydrogen-bond donors (Lipinski definition) is 1. The van der Waals surface area contributed by atoms with Crippen molar-refractivity contribution in [1.29, 1.82) is 0 Å². The SMILES string of the molecule is Cc1nc(-c2ccccc2Cl)sc1C(=O)NCC(C)C. The number of rotatable bonds is 4. The standard InChI is InChI=1S/C15H17ClN2OS/c1-9(2)8-17-14(19)13-10(3)18-15(20-13)11-6-4-5-7-12(11)16/h4-7,9H,8H2,1-3H3,(H,17,19). The van der Waals surface area contributed by atoms with Gasteiger partial charge in [0.2, 0.25) is 0 Å². The van der Waals surface area contributed by atoms with Gasteiger partial charge >= 0.3 is 0 Å². The molecule has 0 aliphatic rings. The van der Waals surface area contributed by atoms with Crippen molar-refractivity contribution in [2.75, 3.05) is 6.54 Å². The van der Waals surface area contributed by atoms with E-state index >= 15 is 0 Å². The first kappa shape index (κ1) is 15.0. The van der Waals surface area contributed by atoms with Crippen molar-refractivity contribution in [3.63, 3.8) is 0 Å². The van der Waals surface area contributed by atoms with Crippen molar-refractivity contribution < 1.29 is 4.79 Å². The minimum Gasteiger partial charge on any atom is -0.351 e. The van der Waals surface area contributed by atoms with Crippen LogP contribution in [0.25, 0.3) is 10.6 Å². The minimum atomic E-state index is -0.0630. The summed E-state index contributed by atoms with van der Waals surface area (Å²) >= 11 is 7.55. The van der Waals surface area contributed by atoms with Gasteiger partial charge < -0.3 is 5.32 Å². The van der Waals surface area contributed by atoms with Gasteiger partial charge in [0.05, 0.1) is 10.7 Å². The number of halogens is 1. The van der Waals surface area contributed by atoms with Crippen LogP contribution in [-0.4, -0.2) is 17.4 Å². The zero-order chi connectivity index (χ0) is 14.7. The average molecular weight is 309 g/mol. The highest BCUT2D eigenvalue weighted by atomic mass is 35.5. The number of nitrogens with zero attached hydrogens (tertiary/aromatic N) is 1. The lowest BCUT2D eigenvalue weighted by molar-refractivity contribution is 0.0952. The van der Waals surface area contributed by atoms with Gasteiger partial charge in [0.1, 0.15) is 9.88 Å². The van der Waals surface area contributed by atoms with E-state index in [2.05, 4.69) is 24.1 Å². The molecule has 1 aromatic carbocycles. The Morgan fingerprint density at radius 2 is 2.10 bits per heavy atom. The van der Waals surface area contributed by atoms with Crippen LogP contribution < -0.4 is 5.32 Å². The molecule has 0 aliphatic carbocycles. The summed E-state index contributed by atoms with van der Waals surface area (Å²) in [7, 11) is 0. The molecule has 3 nitrogen and oxygen atoms in total. The van der Waals surface area contributed by atoms with Crippen LogP contribution >= 0.6 is 22.9 Å². The molecular formula is C15H17ClN2OS. The summed E-state index contributed by atoms with van der Waals surface area (Å²) in [5.41, 5.74) is 1.61. The van der Waals surface area contributed by atoms with Gasteiger partial charge in [-0.3, -0.25) is 4.79 Å². The molecule has 1 heterocycles. The third-order valence-electron chi connectivity index (χ3n) is 2.78. The quantitative estimate of drug-likeness (QED) is 0.921. The summed E-state index contributed by atoms with van der Waals surface area (Å²) in [6.07, 6.45) is 0. The van der Waals surface area contributed by atoms with Gasteiger partial charge in [0.15, 0.2) is 0 Å². The highest BCUT2D eigenvalue weighted by Crippen LogP contribution is 2.32. The Balaban J connectivity index is 2.26. The van der Waals surface area contributed by atoms with Crippen molar-refractivity contribution in [2.24, 2.45) is 5.92 Å². The summed E-state index contributed by atoms with van der Waals surface area (Å²) in [5.74, 6) is 0.363. The van der Waals surface area contributed by atoms with Crippen LogP contribution in [0.4, 0.5) is 0 Å². The monoisotopic (exact) mass is 308 g/mol. The number of nitrogens with one attached hydrogen (secondary N) is 1. The number of thiazole rings is 1. The molecule has 0 radical (unpaired) electrons. The summed E-state index contributed by atoms with van der Waals surface area (Å²) in [6.45, 7) is 6.64. The van der Waals surface area contributed by atoms with Gasteiger partial charge in [-0.15, -0.1) is 11.3 Å². The van der Waals surface area contributed by atoms with E-state index in [0.717, 1.165) is 16.3 Å². The summed E-state index contributed by atoms with van der Waals surface area (Å²) in [5, 5.41) is 4.35. The third kappa shape index (κ3) is 3.38. The largest absolute Gasteiger partial charge is 0.351 e. The number of carbonyl (C=O) groups excluding carboxylic acids is 1. The molecule has 1 amide bonds. The van der Waals surface area contributed by atoms with Crippen molar-refractivity contribution in [3.8, 4) is 10.6 Å². The third-order valence-corrected chi connectivity index (χ3v) is 4.30. The highest BCUT2D eigenvalue weighted by Gasteiger charge is 2.17. The highest BCUT2D eigenvalue weighted by molar-refractivity contribution is 7.17. The number of aryl methyl sites for hydroxylation is 1. The van der Waals surface area contributed by atoms with Crippen LogP contribution in [0.15, 0.2) is 24.3 Å². The predicted molar refractivity (Wildman–Crippen MR) is 84.5 cm³/mol. The molecule has 20 heavy (non-hydrogen) atoms. The number of carbonyl (C=O) groups is 1. The van der Waals surface area contributed by atoms with E-state index in [1.54, 1.807) is 0 Å². The second-order valence-corrected chi connectivity index (χ2v) is 6.42. The normalized spacial score (nSPS) is 10.8. The lowest BCUT2D eigenvalue weighted by Crippen LogP contribution is -2.27. The van der Waals surface area contributed by atoms with E-state index in [9.17, 15) is 4.79 Å². The molecule has 2 rings (SSSR count). The molecule has 0 atom stereocenters. The molecule has 106 valence electrons. The Hall–Kier alpha value is -1.39. The van der Waals surface area contributed by atoms with E-state index < -0.39 is 0 Å². The molecule has 0 fully saturated rings. The maximum Gasteiger partial charge on any atom is 0.263 e. The van der Waals surface area contributed by atoms with Crippen molar-refractivity contribution >= 4 is 28.8 Å². The maximum absolute atomic E-state index is 12.1. The van der Waals surface area contributed by atoms with Crippen LogP contribution in [0, 0.1) is 12.8 Å². The van der Waals surface area contributed by atoms with Crippen LogP contribution in [0.5, 0.6) is 0 Å². The smallest absolute Gasteiger partial charge is 0.263 e. The van der Waals surface area contributed by atoms with Crippen LogP contribution in [0.1, 0.15) is 29.2 Å². The number of benzene rings is 1. The van der Waals surface area contributed by atoms with Crippen molar-refractivity contribution in [2.45, 2.75) is 20.8 Å². The van der Waals surface area contributed by atoms with Crippen LogP contribution in [-0.2, 0) is 0 Å². The first-order valence-electron chi connectivity index (χ1n) is 6.49. The second-order valence-electron chi connectivity index (χ2n) is 5.02. The lowest BCUT2D eigenvalue weighted by atomic mass is 10.2. The maximum atomic E-state index is 12.1. The Labute approximate surface area is 128 Å².